The maximum Gasteiger partial charge on any atom is 0.231 e. The van der Waals surface area contributed by atoms with Gasteiger partial charge >= 0.3 is 0 Å². The first-order valence-electron chi connectivity index (χ1n) is 9.23. The summed E-state index contributed by atoms with van der Waals surface area (Å²) in [5.74, 6) is 0.523. The van der Waals surface area contributed by atoms with E-state index in [0.29, 0.717) is 6.61 Å². The number of rotatable bonds is 6. The minimum atomic E-state index is -3.62. The molecule has 0 aromatic carbocycles. The van der Waals surface area contributed by atoms with E-state index in [2.05, 4.69) is 41.1 Å². The molecule has 2 N–H and O–H groups in total. The van der Waals surface area contributed by atoms with Crippen LogP contribution in [0.2, 0.25) is 0 Å². The van der Waals surface area contributed by atoms with Gasteiger partial charge in [-0.1, -0.05) is 5.73 Å². The highest BCUT2D eigenvalue weighted by Crippen LogP contribution is 2.28. The van der Waals surface area contributed by atoms with E-state index in [1.807, 2.05) is 6.92 Å². The van der Waals surface area contributed by atoms with Gasteiger partial charge in [0.25, 0.3) is 0 Å². The van der Waals surface area contributed by atoms with Crippen molar-refractivity contribution in [3.63, 3.8) is 0 Å². The molecule has 1 aliphatic rings. The lowest BCUT2D eigenvalue weighted by molar-refractivity contribution is 0.330. The molecule has 3 aromatic heterocycles. The molecule has 0 fully saturated rings. The van der Waals surface area contributed by atoms with Gasteiger partial charge in [0.15, 0.2) is 34.3 Å². The summed E-state index contributed by atoms with van der Waals surface area (Å²) in [4.78, 5) is 33.0. The molecular formula is C19H17N7O5S. The van der Waals surface area contributed by atoms with E-state index in [0.717, 1.165) is 6.26 Å². The van der Waals surface area contributed by atoms with Crippen LogP contribution in [0.1, 0.15) is 12.7 Å². The second kappa shape index (κ2) is 8.16. The minimum absolute atomic E-state index is 0.0504. The van der Waals surface area contributed by atoms with Crippen LogP contribution in [-0.4, -0.2) is 58.8 Å². The van der Waals surface area contributed by atoms with E-state index in [-0.39, 0.29) is 46.1 Å². The molecule has 0 bridgehead atoms. The summed E-state index contributed by atoms with van der Waals surface area (Å²) >= 11 is 0. The van der Waals surface area contributed by atoms with E-state index in [1.54, 1.807) is 0 Å². The molecule has 12 nitrogen and oxygen atoms in total. The number of fused-ring (bicyclic) bond motifs is 1. The van der Waals surface area contributed by atoms with Crippen LogP contribution in [0.5, 0.6) is 5.88 Å². The molecule has 0 unspecified atom stereocenters. The molecule has 0 atom stereocenters. The van der Waals surface area contributed by atoms with Crippen molar-refractivity contribution in [2.24, 2.45) is 4.99 Å². The summed E-state index contributed by atoms with van der Waals surface area (Å²) in [6.07, 6.45) is 5.15. The quantitative estimate of drug-likeness (QED) is 0.522. The minimum Gasteiger partial charge on any atom is -0.481 e. The molecule has 0 amide bonds. The van der Waals surface area contributed by atoms with Crippen LogP contribution in [-0.2, 0) is 14.8 Å². The Bertz CT molecular complexity index is 1520. The zero-order chi connectivity index (χ0) is 22.9. The van der Waals surface area contributed by atoms with Crippen LogP contribution in [0.25, 0.3) is 22.7 Å². The average Bonchev–Trinajstić information content (AvgIpc) is 3.11. The molecule has 0 aliphatic carbocycles. The molecule has 4 heterocycles. The van der Waals surface area contributed by atoms with Gasteiger partial charge in [0, 0.05) is 12.3 Å². The maximum atomic E-state index is 12.8. The molecule has 1 aliphatic heterocycles. The van der Waals surface area contributed by atoms with Crippen molar-refractivity contribution in [2.45, 2.75) is 6.92 Å². The van der Waals surface area contributed by atoms with Gasteiger partial charge in [0.1, 0.15) is 0 Å². The first kappa shape index (κ1) is 21.1. The standard InChI is InChI=1S/C19H17N7O5S/c1-4-31-14-7-5-6-11(22-14)17-24-16-18(23-13(10-21-16)25-32(3,28)29)26(17)15-12(27)8-9-20-19(15)30-2/h7-10H,4H2,1-3H3,(H,20,27)(H,23,25). The molecule has 32 heavy (non-hydrogen) atoms. The Morgan fingerprint density at radius 3 is 2.84 bits per heavy atom. The highest BCUT2D eigenvalue weighted by Gasteiger charge is 2.24. The van der Waals surface area contributed by atoms with Crippen LogP contribution in [0.15, 0.2) is 45.8 Å². The summed E-state index contributed by atoms with van der Waals surface area (Å²) in [5.41, 5.74) is 5.74. The van der Waals surface area contributed by atoms with Crippen molar-refractivity contribution in [3.05, 3.63) is 52.0 Å². The normalized spacial score (nSPS) is 13.1. The first-order valence-corrected chi connectivity index (χ1v) is 11.1. The molecule has 13 heteroatoms. The third kappa shape index (κ3) is 4.03. The Hall–Kier alpha value is -4.18. The zero-order valence-electron chi connectivity index (χ0n) is 17.2. The van der Waals surface area contributed by atoms with Gasteiger partial charge in [-0.15, -0.1) is 0 Å². The molecule has 164 valence electrons. The lowest BCUT2D eigenvalue weighted by atomic mass is 10.3. The van der Waals surface area contributed by atoms with Crippen LogP contribution >= 0.6 is 0 Å². The smallest absolute Gasteiger partial charge is 0.231 e. The molecule has 4 rings (SSSR count). The van der Waals surface area contributed by atoms with Crippen molar-refractivity contribution in [1.82, 2.24) is 24.5 Å². The number of nitrogens with zero attached hydrogens (tertiary/aromatic N) is 5. The number of nitrogens with one attached hydrogen (secondary N) is 2. The molecular weight excluding hydrogens is 438 g/mol. The van der Waals surface area contributed by atoms with E-state index in [9.17, 15) is 13.2 Å². The van der Waals surface area contributed by atoms with Crippen molar-refractivity contribution < 1.29 is 17.9 Å². The number of anilines is 1. The lowest BCUT2D eigenvalue weighted by Crippen LogP contribution is -2.16. The Morgan fingerprint density at radius 1 is 1.31 bits per heavy atom. The molecule has 0 saturated carbocycles. The van der Waals surface area contributed by atoms with Gasteiger partial charge < -0.3 is 14.5 Å². The van der Waals surface area contributed by atoms with Crippen molar-refractivity contribution in [1.29, 1.82) is 0 Å². The summed E-state index contributed by atoms with van der Waals surface area (Å²) in [5, 5.41) is 0. The van der Waals surface area contributed by atoms with Crippen LogP contribution in [0.3, 0.4) is 0 Å². The number of methoxy groups -OCH3 is 1. The highest BCUT2D eigenvalue weighted by molar-refractivity contribution is 7.92. The number of aromatic nitrogens is 5. The third-order valence-corrected chi connectivity index (χ3v) is 4.68. The predicted molar refractivity (Wildman–Crippen MR) is 116 cm³/mol. The highest BCUT2D eigenvalue weighted by atomic mass is 32.2. The Balaban J connectivity index is 2.06. The summed E-state index contributed by atoms with van der Waals surface area (Å²) in [6, 6.07) is 1.30. The van der Waals surface area contributed by atoms with Crippen LogP contribution in [0, 0.1) is 0 Å². The topological polar surface area (TPSA) is 153 Å². The van der Waals surface area contributed by atoms with Crippen LogP contribution < -0.4 is 14.9 Å². The fourth-order valence-corrected chi connectivity index (χ4v) is 3.42. The number of pyridine rings is 1. The monoisotopic (exact) mass is 455 g/mol. The number of sulfonamides is 1. The summed E-state index contributed by atoms with van der Waals surface area (Å²) in [7, 11) is -2.22. The number of hydrogen-bond donors (Lipinski definition) is 2. The molecule has 0 radical (unpaired) electrons. The second-order valence-corrected chi connectivity index (χ2v) is 8.17. The SMILES string of the molecule is CCOC1=NC(c2nc3ncc(NS(C)(=O)=O)nc3n2-c2c(OC)[nH]ccc2=O)=C=C=C1. The number of aromatic amines is 1. The molecule has 0 saturated heterocycles. The summed E-state index contributed by atoms with van der Waals surface area (Å²) < 4.78 is 37.7. The molecule has 3 aromatic rings. The number of imidazole rings is 1. The number of ether oxygens (including phenoxy) is 2. The van der Waals surface area contributed by atoms with Gasteiger partial charge in [-0.25, -0.2) is 28.4 Å². The van der Waals surface area contributed by atoms with Gasteiger partial charge in [0.05, 0.1) is 32.2 Å². The predicted octanol–water partition coefficient (Wildman–Crippen LogP) is 0.984. The van der Waals surface area contributed by atoms with Gasteiger partial charge in [-0.3, -0.25) is 14.1 Å². The lowest BCUT2D eigenvalue weighted by Gasteiger charge is -2.12. The van der Waals surface area contributed by atoms with Gasteiger partial charge in [-0.2, -0.15) is 0 Å². The molecule has 0 spiro atoms. The number of aliphatic imine (C=N–C) groups is 1. The third-order valence-electron chi connectivity index (χ3n) is 4.10. The second-order valence-electron chi connectivity index (χ2n) is 6.42. The van der Waals surface area contributed by atoms with Crippen molar-refractivity contribution in [2.75, 3.05) is 24.7 Å². The number of H-pyrrole nitrogens is 1. The van der Waals surface area contributed by atoms with Crippen LogP contribution in [0.4, 0.5) is 5.82 Å². The average molecular weight is 455 g/mol. The largest absolute Gasteiger partial charge is 0.481 e. The van der Waals surface area contributed by atoms with E-state index in [4.69, 9.17) is 9.47 Å². The van der Waals surface area contributed by atoms with Crippen molar-refractivity contribution in [3.8, 4) is 11.6 Å². The zero-order valence-corrected chi connectivity index (χ0v) is 18.0. The van der Waals surface area contributed by atoms with E-state index >= 15 is 0 Å². The van der Waals surface area contributed by atoms with E-state index in [1.165, 1.54) is 36.2 Å². The Morgan fingerprint density at radius 2 is 2.12 bits per heavy atom. The number of hydrogen-bond acceptors (Lipinski definition) is 9. The Labute approximate surface area is 181 Å². The fraction of sp³-hybridized carbons (Fsp3) is 0.211. The maximum absolute atomic E-state index is 12.8. The van der Waals surface area contributed by atoms with E-state index < -0.39 is 15.5 Å². The summed E-state index contributed by atoms with van der Waals surface area (Å²) in [6.45, 7) is 2.20. The Kier molecular flexibility index (Phi) is 5.37. The van der Waals surface area contributed by atoms with Gasteiger partial charge in [0.2, 0.25) is 27.2 Å². The van der Waals surface area contributed by atoms with Gasteiger partial charge in [-0.05, 0) is 12.7 Å². The first-order chi connectivity index (χ1) is 15.3. The van der Waals surface area contributed by atoms with Crippen molar-refractivity contribution >= 4 is 38.7 Å². The fourth-order valence-electron chi connectivity index (χ4n) is 2.95.